The van der Waals surface area contributed by atoms with Gasteiger partial charge in [-0.3, -0.25) is 4.90 Å². The van der Waals surface area contributed by atoms with Gasteiger partial charge in [-0.15, -0.1) is 24.0 Å². The third kappa shape index (κ3) is 9.75. The van der Waals surface area contributed by atoms with Crippen LogP contribution in [-0.2, 0) is 17.8 Å². The number of phenolic OH excluding ortho intramolecular Hbond substituents is 1. The quantitative estimate of drug-likeness (QED) is 0.179. The Bertz CT molecular complexity index is 778. The number of aliphatic imine (C=N–C) groups is 1. The van der Waals surface area contributed by atoms with Crippen molar-refractivity contribution in [2.24, 2.45) is 4.99 Å². The summed E-state index contributed by atoms with van der Waals surface area (Å²) in [7, 11) is 0. The Balaban J connectivity index is 0.00000363. The number of benzene rings is 2. The van der Waals surface area contributed by atoms with Gasteiger partial charge in [-0.2, -0.15) is 0 Å². The lowest BCUT2D eigenvalue weighted by atomic mass is 10.1. The first-order valence-corrected chi connectivity index (χ1v) is 11.4. The number of piperidine rings is 1. The molecule has 1 aliphatic rings. The first-order valence-electron chi connectivity index (χ1n) is 11.4. The standard InChI is InChI=1S/C25H36N4O2.HI/c1-2-26-25(28-19-21-9-11-23(30)12-10-21)27-15-6-18-31-24-13-16-29(17-14-24)20-22-7-4-3-5-8-22;/h3-5,7-12,24,30H,2,6,13-20H2,1H3,(H2,26,27,28);1H. The van der Waals surface area contributed by atoms with Crippen molar-refractivity contribution in [3.8, 4) is 5.75 Å². The van der Waals surface area contributed by atoms with Crippen LogP contribution in [0, 0.1) is 0 Å². The molecule has 1 saturated heterocycles. The van der Waals surface area contributed by atoms with Gasteiger partial charge in [0.05, 0.1) is 12.6 Å². The fourth-order valence-electron chi connectivity index (χ4n) is 3.72. The third-order valence-electron chi connectivity index (χ3n) is 5.45. The summed E-state index contributed by atoms with van der Waals surface area (Å²) in [5.41, 5.74) is 2.45. The number of phenols is 1. The van der Waals surface area contributed by atoms with Crippen molar-refractivity contribution in [3.63, 3.8) is 0 Å². The van der Waals surface area contributed by atoms with E-state index in [9.17, 15) is 5.11 Å². The molecule has 2 aromatic carbocycles. The van der Waals surface area contributed by atoms with Crippen LogP contribution in [0.2, 0.25) is 0 Å². The van der Waals surface area contributed by atoms with Crippen molar-refractivity contribution in [1.29, 1.82) is 0 Å². The third-order valence-corrected chi connectivity index (χ3v) is 5.45. The van der Waals surface area contributed by atoms with Crippen molar-refractivity contribution in [2.75, 3.05) is 32.8 Å². The molecular weight excluding hydrogens is 515 g/mol. The van der Waals surface area contributed by atoms with E-state index in [1.807, 2.05) is 12.1 Å². The highest BCUT2D eigenvalue weighted by molar-refractivity contribution is 14.0. The number of guanidine groups is 1. The molecule has 1 aliphatic heterocycles. The van der Waals surface area contributed by atoms with E-state index in [1.165, 1.54) is 5.56 Å². The van der Waals surface area contributed by atoms with E-state index in [1.54, 1.807) is 12.1 Å². The van der Waals surface area contributed by atoms with Crippen LogP contribution in [0.15, 0.2) is 59.6 Å². The lowest BCUT2D eigenvalue weighted by Crippen LogP contribution is -2.38. The van der Waals surface area contributed by atoms with Gasteiger partial charge in [0.25, 0.3) is 0 Å². The number of hydrogen-bond donors (Lipinski definition) is 3. The smallest absolute Gasteiger partial charge is 0.191 e. The Morgan fingerprint density at radius 3 is 2.44 bits per heavy atom. The maximum atomic E-state index is 9.38. The highest BCUT2D eigenvalue weighted by Crippen LogP contribution is 2.16. The molecular formula is C25H37IN4O2. The maximum Gasteiger partial charge on any atom is 0.191 e. The van der Waals surface area contributed by atoms with Crippen LogP contribution in [-0.4, -0.2) is 54.9 Å². The van der Waals surface area contributed by atoms with Crippen molar-refractivity contribution < 1.29 is 9.84 Å². The second kappa shape index (κ2) is 15.1. The SMILES string of the molecule is CCNC(=NCc1ccc(O)cc1)NCCCOC1CCN(Cc2ccccc2)CC1.I. The Morgan fingerprint density at radius 1 is 1.03 bits per heavy atom. The van der Waals surface area contributed by atoms with Gasteiger partial charge in [0.2, 0.25) is 0 Å². The summed E-state index contributed by atoms with van der Waals surface area (Å²) in [6.07, 6.45) is 3.55. The molecule has 0 spiro atoms. The number of hydrogen-bond acceptors (Lipinski definition) is 4. The predicted molar refractivity (Wildman–Crippen MR) is 142 cm³/mol. The summed E-state index contributed by atoms with van der Waals surface area (Å²) < 4.78 is 6.11. The lowest BCUT2D eigenvalue weighted by Gasteiger charge is -2.32. The molecule has 3 rings (SSSR count). The van der Waals surface area contributed by atoms with Gasteiger partial charge >= 0.3 is 0 Å². The summed E-state index contributed by atoms with van der Waals surface area (Å²) >= 11 is 0. The zero-order valence-electron chi connectivity index (χ0n) is 19.0. The van der Waals surface area contributed by atoms with Crippen LogP contribution in [0.25, 0.3) is 0 Å². The van der Waals surface area contributed by atoms with Gasteiger partial charge < -0.3 is 20.5 Å². The van der Waals surface area contributed by atoms with Gasteiger partial charge in [-0.1, -0.05) is 42.5 Å². The largest absolute Gasteiger partial charge is 0.508 e. The summed E-state index contributed by atoms with van der Waals surface area (Å²) in [5, 5.41) is 16.0. The number of nitrogens with one attached hydrogen (secondary N) is 2. The van der Waals surface area contributed by atoms with Crippen LogP contribution in [0.3, 0.4) is 0 Å². The van der Waals surface area contributed by atoms with E-state index in [4.69, 9.17) is 4.74 Å². The van der Waals surface area contributed by atoms with Crippen molar-refractivity contribution in [1.82, 2.24) is 15.5 Å². The number of ether oxygens (including phenoxy) is 1. The zero-order chi connectivity index (χ0) is 21.7. The first kappa shape index (κ1) is 26.4. The molecule has 1 fully saturated rings. The molecule has 1 heterocycles. The molecule has 6 nitrogen and oxygen atoms in total. The molecule has 0 unspecified atom stereocenters. The van der Waals surface area contributed by atoms with Crippen LogP contribution in [0.4, 0.5) is 0 Å². The number of likely N-dealkylation sites (tertiary alicyclic amines) is 1. The number of rotatable bonds is 10. The minimum Gasteiger partial charge on any atom is -0.508 e. The average Bonchev–Trinajstić information content (AvgIpc) is 2.80. The summed E-state index contributed by atoms with van der Waals surface area (Å²) in [4.78, 5) is 7.13. The Labute approximate surface area is 209 Å². The summed E-state index contributed by atoms with van der Waals surface area (Å²) in [6, 6.07) is 17.8. The van der Waals surface area contributed by atoms with Crippen LogP contribution >= 0.6 is 24.0 Å². The van der Waals surface area contributed by atoms with Crippen molar-refractivity contribution in [3.05, 3.63) is 65.7 Å². The monoisotopic (exact) mass is 552 g/mol. The first-order chi connectivity index (χ1) is 15.2. The number of nitrogens with zero attached hydrogens (tertiary/aromatic N) is 2. The minimum absolute atomic E-state index is 0. The molecule has 0 aromatic heterocycles. The van der Waals surface area contributed by atoms with Gasteiger partial charge in [0, 0.05) is 39.3 Å². The number of aromatic hydroxyl groups is 1. The molecule has 176 valence electrons. The number of halogens is 1. The van der Waals surface area contributed by atoms with Gasteiger partial charge in [0.1, 0.15) is 5.75 Å². The molecule has 0 atom stereocenters. The van der Waals surface area contributed by atoms with Gasteiger partial charge in [-0.05, 0) is 49.4 Å². The normalized spacial score (nSPS) is 15.2. The fraction of sp³-hybridized carbons (Fsp3) is 0.480. The van der Waals surface area contributed by atoms with E-state index < -0.39 is 0 Å². The van der Waals surface area contributed by atoms with E-state index in [2.05, 4.69) is 57.8 Å². The van der Waals surface area contributed by atoms with E-state index >= 15 is 0 Å². The highest BCUT2D eigenvalue weighted by Gasteiger charge is 2.19. The van der Waals surface area contributed by atoms with E-state index in [0.29, 0.717) is 12.6 Å². The minimum atomic E-state index is 0. The highest BCUT2D eigenvalue weighted by atomic mass is 127. The Morgan fingerprint density at radius 2 is 1.75 bits per heavy atom. The summed E-state index contributed by atoms with van der Waals surface area (Å²) in [6.45, 7) is 8.30. The molecule has 3 N–H and O–H groups in total. The van der Waals surface area contributed by atoms with Gasteiger partial charge in [0.15, 0.2) is 5.96 Å². The molecule has 32 heavy (non-hydrogen) atoms. The Hall–Kier alpha value is -1.84. The summed E-state index contributed by atoms with van der Waals surface area (Å²) in [5.74, 6) is 1.09. The van der Waals surface area contributed by atoms with E-state index in [-0.39, 0.29) is 29.7 Å². The van der Waals surface area contributed by atoms with E-state index in [0.717, 1.165) is 70.1 Å². The second-order valence-corrected chi connectivity index (χ2v) is 7.97. The molecule has 0 saturated carbocycles. The average molecular weight is 553 g/mol. The van der Waals surface area contributed by atoms with Crippen molar-refractivity contribution >= 4 is 29.9 Å². The molecule has 0 amide bonds. The van der Waals surface area contributed by atoms with Crippen LogP contribution < -0.4 is 10.6 Å². The lowest BCUT2D eigenvalue weighted by molar-refractivity contribution is 0.00534. The van der Waals surface area contributed by atoms with Crippen LogP contribution in [0.5, 0.6) is 5.75 Å². The molecule has 2 aromatic rings. The second-order valence-electron chi connectivity index (χ2n) is 7.97. The molecule has 7 heteroatoms. The molecule has 0 radical (unpaired) electrons. The maximum absolute atomic E-state index is 9.38. The Kier molecular flexibility index (Phi) is 12.4. The predicted octanol–water partition coefficient (Wildman–Crippen LogP) is 4.14. The zero-order valence-corrected chi connectivity index (χ0v) is 21.3. The van der Waals surface area contributed by atoms with Gasteiger partial charge in [-0.25, -0.2) is 4.99 Å². The van der Waals surface area contributed by atoms with Crippen LogP contribution in [0.1, 0.15) is 37.3 Å². The fourth-order valence-corrected chi connectivity index (χ4v) is 3.72. The molecule has 0 bridgehead atoms. The topological polar surface area (TPSA) is 69.1 Å². The molecule has 0 aliphatic carbocycles. The van der Waals surface area contributed by atoms with Crippen molar-refractivity contribution in [2.45, 2.75) is 45.4 Å².